The molecule has 4 heteroatoms. The van der Waals surface area contributed by atoms with Crippen LogP contribution in [0.1, 0.15) is 29.5 Å². The molecular formula is C18H26N2O2. The molecular weight excluding hydrogens is 276 g/mol. The Morgan fingerprint density at radius 3 is 3.05 bits per heavy atom. The Balaban J connectivity index is 1.68. The predicted molar refractivity (Wildman–Crippen MR) is 88.1 cm³/mol. The van der Waals surface area contributed by atoms with E-state index < -0.39 is 0 Å². The number of hydrogen-bond acceptors (Lipinski definition) is 4. The average Bonchev–Trinajstić information content (AvgIpc) is 2.91. The van der Waals surface area contributed by atoms with Crippen LogP contribution in [0, 0.1) is 6.92 Å². The molecule has 22 heavy (non-hydrogen) atoms. The highest BCUT2D eigenvalue weighted by Crippen LogP contribution is 2.39. The molecule has 4 rings (SSSR count). The summed E-state index contributed by atoms with van der Waals surface area (Å²) < 4.78 is 11.9. The Kier molecular flexibility index (Phi) is 3.97. The minimum Gasteiger partial charge on any atom is -0.490 e. The van der Waals surface area contributed by atoms with Gasteiger partial charge in [0.1, 0.15) is 12.4 Å². The maximum atomic E-state index is 6.00. The molecule has 0 unspecified atom stereocenters. The maximum absolute atomic E-state index is 6.00. The third kappa shape index (κ3) is 2.59. The van der Waals surface area contributed by atoms with Crippen molar-refractivity contribution in [1.29, 1.82) is 0 Å². The molecule has 1 aromatic carbocycles. The van der Waals surface area contributed by atoms with Crippen molar-refractivity contribution >= 4 is 5.69 Å². The van der Waals surface area contributed by atoms with Gasteiger partial charge in [-0.1, -0.05) is 0 Å². The van der Waals surface area contributed by atoms with Crippen molar-refractivity contribution in [2.45, 2.75) is 38.7 Å². The normalized spacial score (nSPS) is 24.4. The Morgan fingerprint density at radius 1 is 1.27 bits per heavy atom. The van der Waals surface area contributed by atoms with Gasteiger partial charge in [-0.15, -0.1) is 0 Å². The zero-order valence-corrected chi connectivity index (χ0v) is 13.5. The molecule has 0 amide bonds. The molecule has 1 N–H and O–H groups in total. The largest absolute Gasteiger partial charge is 0.490 e. The van der Waals surface area contributed by atoms with E-state index in [1.807, 2.05) is 0 Å². The number of benzene rings is 1. The van der Waals surface area contributed by atoms with Gasteiger partial charge in [-0.05, 0) is 68.5 Å². The van der Waals surface area contributed by atoms with E-state index >= 15 is 0 Å². The van der Waals surface area contributed by atoms with Crippen LogP contribution in [-0.2, 0) is 17.6 Å². The number of fused-ring (bicyclic) bond motifs is 2. The fourth-order valence-electron chi connectivity index (χ4n) is 4.11. The number of anilines is 1. The van der Waals surface area contributed by atoms with E-state index in [1.165, 1.54) is 35.2 Å². The third-order valence-corrected chi connectivity index (χ3v) is 5.24. The number of hydrogen-bond donors (Lipinski definition) is 1. The van der Waals surface area contributed by atoms with Crippen LogP contribution in [0.3, 0.4) is 0 Å². The molecule has 1 saturated heterocycles. The lowest BCUT2D eigenvalue weighted by molar-refractivity contribution is 0.114. The highest BCUT2D eigenvalue weighted by molar-refractivity contribution is 5.69. The first kappa shape index (κ1) is 14.3. The van der Waals surface area contributed by atoms with E-state index in [2.05, 4.69) is 23.2 Å². The number of nitrogens with one attached hydrogen (secondary N) is 1. The van der Waals surface area contributed by atoms with Crippen LogP contribution in [0.2, 0.25) is 0 Å². The second kappa shape index (κ2) is 6.09. The van der Waals surface area contributed by atoms with E-state index in [1.54, 1.807) is 0 Å². The molecule has 0 spiro atoms. The minimum absolute atomic E-state index is 0.394. The van der Waals surface area contributed by atoms with E-state index in [9.17, 15) is 0 Å². The molecule has 1 aromatic rings. The van der Waals surface area contributed by atoms with E-state index in [4.69, 9.17) is 9.47 Å². The SMILES string of the molecule is Cc1c2c(cc3c1N(C[C@@H]1CCCO1)CCO3)CCNCC2. The zero-order valence-electron chi connectivity index (χ0n) is 13.5. The van der Waals surface area contributed by atoms with Crippen LogP contribution in [0.5, 0.6) is 5.75 Å². The molecule has 0 bridgehead atoms. The molecule has 4 nitrogen and oxygen atoms in total. The minimum atomic E-state index is 0.394. The Hall–Kier alpha value is -1.26. The summed E-state index contributed by atoms with van der Waals surface area (Å²) in [6.07, 6.45) is 5.03. The molecule has 0 saturated carbocycles. The molecule has 0 radical (unpaired) electrons. The lowest BCUT2D eigenvalue weighted by Gasteiger charge is -2.35. The summed E-state index contributed by atoms with van der Waals surface area (Å²) in [6.45, 7) is 8.14. The highest BCUT2D eigenvalue weighted by atomic mass is 16.5. The summed E-state index contributed by atoms with van der Waals surface area (Å²) >= 11 is 0. The van der Waals surface area contributed by atoms with Crippen LogP contribution in [0.4, 0.5) is 5.69 Å². The molecule has 1 fully saturated rings. The van der Waals surface area contributed by atoms with Gasteiger partial charge < -0.3 is 19.7 Å². The number of rotatable bonds is 2. The molecule has 3 aliphatic rings. The van der Waals surface area contributed by atoms with Crippen LogP contribution < -0.4 is 15.0 Å². The zero-order chi connectivity index (χ0) is 14.9. The molecule has 0 aromatic heterocycles. The van der Waals surface area contributed by atoms with Gasteiger partial charge in [-0.25, -0.2) is 0 Å². The summed E-state index contributed by atoms with van der Waals surface area (Å²) in [6, 6.07) is 2.30. The molecule has 3 heterocycles. The first-order valence-electron chi connectivity index (χ1n) is 8.68. The lowest BCUT2D eigenvalue weighted by Crippen LogP contribution is -2.39. The van der Waals surface area contributed by atoms with E-state index in [0.29, 0.717) is 6.10 Å². The van der Waals surface area contributed by atoms with Gasteiger partial charge in [-0.2, -0.15) is 0 Å². The highest BCUT2D eigenvalue weighted by Gasteiger charge is 2.27. The maximum Gasteiger partial charge on any atom is 0.143 e. The van der Waals surface area contributed by atoms with Gasteiger partial charge in [0.05, 0.1) is 18.3 Å². The fraction of sp³-hybridized carbons (Fsp3) is 0.667. The van der Waals surface area contributed by atoms with Gasteiger partial charge in [0.2, 0.25) is 0 Å². The Bertz CT molecular complexity index is 553. The number of nitrogens with zero attached hydrogens (tertiary/aromatic N) is 1. The Labute approximate surface area is 132 Å². The quantitative estimate of drug-likeness (QED) is 0.907. The number of ether oxygens (including phenoxy) is 2. The van der Waals surface area contributed by atoms with E-state index in [0.717, 1.165) is 58.0 Å². The fourth-order valence-corrected chi connectivity index (χ4v) is 4.11. The topological polar surface area (TPSA) is 33.7 Å². The van der Waals surface area contributed by atoms with Crippen molar-refractivity contribution in [2.24, 2.45) is 0 Å². The Morgan fingerprint density at radius 2 is 2.18 bits per heavy atom. The molecule has 120 valence electrons. The van der Waals surface area contributed by atoms with Crippen LogP contribution in [0.25, 0.3) is 0 Å². The van der Waals surface area contributed by atoms with Crippen molar-refractivity contribution in [1.82, 2.24) is 5.32 Å². The van der Waals surface area contributed by atoms with Crippen molar-refractivity contribution < 1.29 is 9.47 Å². The van der Waals surface area contributed by atoms with Gasteiger partial charge >= 0.3 is 0 Å². The summed E-state index contributed by atoms with van der Waals surface area (Å²) in [5.41, 5.74) is 5.75. The van der Waals surface area contributed by atoms with Gasteiger partial charge in [0.15, 0.2) is 0 Å². The predicted octanol–water partition coefficient (Wildman–Crippen LogP) is 2.06. The van der Waals surface area contributed by atoms with E-state index in [-0.39, 0.29) is 0 Å². The van der Waals surface area contributed by atoms with Gasteiger partial charge in [0.25, 0.3) is 0 Å². The molecule has 1 atom stereocenters. The monoisotopic (exact) mass is 302 g/mol. The molecule has 3 aliphatic heterocycles. The van der Waals surface area contributed by atoms with Crippen LogP contribution in [0.15, 0.2) is 6.07 Å². The third-order valence-electron chi connectivity index (χ3n) is 5.24. The van der Waals surface area contributed by atoms with Crippen LogP contribution in [-0.4, -0.2) is 45.5 Å². The van der Waals surface area contributed by atoms with Gasteiger partial charge in [0, 0.05) is 13.2 Å². The second-order valence-corrected chi connectivity index (χ2v) is 6.67. The lowest BCUT2D eigenvalue weighted by atomic mass is 9.94. The van der Waals surface area contributed by atoms with Crippen molar-refractivity contribution in [3.05, 3.63) is 22.8 Å². The summed E-state index contributed by atoms with van der Waals surface area (Å²) in [5, 5.41) is 3.51. The average molecular weight is 302 g/mol. The summed E-state index contributed by atoms with van der Waals surface area (Å²) in [5.74, 6) is 1.09. The summed E-state index contributed by atoms with van der Waals surface area (Å²) in [4.78, 5) is 2.50. The van der Waals surface area contributed by atoms with Crippen molar-refractivity contribution in [3.8, 4) is 5.75 Å². The standard InChI is InChI=1S/C18H26N2O2/c1-13-16-5-7-19-6-4-14(16)11-17-18(13)20(8-10-22-17)12-15-3-2-9-21-15/h11,15,19H,2-10,12H2,1H3/t15-/m0/s1. The first-order valence-corrected chi connectivity index (χ1v) is 8.68. The van der Waals surface area contributed by atoms with Crippen molar-refractivity contribution in [2.75, 3.05) is 44.3 Å². The first-order chi connectivity index (χ1) is 10.8. The van der Waals surface area contributed by atoms with Gasteiger partial charge in [-0.3, -0.25) is 0 Å². The summed E-state index contributed by atoms with van der Waals surface area (Å²) in [7, 11) is 0. The second-order valence-electron chi connectivity index (χ2n) is 6.67. The smallest absolute Gasteiger partial charge is 0.143 e. The van der Waals surface area contributed by atoms with Crippen LogP contribution >= 0.6 is 0 Å². The molecule has 0 aliphatic carbocycles. The van der Waals surface area contributed by atoms with Crippen molar-refractivity contribution in [3.63, 3.8) is 0 Å².